The zero-order valence-electron chi connectivity index (χ0n) is 23.9. The molecule has 0 aliphatic carbocycles. The third kappa shape index (κ3) is 5.25. The van der Waals surface area contributed by atoms with Gasteiger partial charge in [0.05, 0.1) is 30.0 Å². The average molecular weight is 560 g/mol. The number of phosphoric ester groups is 1. The van der Waals surface area contributed by atoms with Crippen molar-refractivity contribution in [2.24, 2.45) is 0 Å². The molecule has 5 aromatic carbocycles. The van der Waals surface area contributed by atoms with Crippen molar-refractivity contribution in [3.63, 3.8) is 0 Å². The maximum absolute atomic E-state index is 12.8. The van der Waals surface area contributed by atoms with Crippen LogP contribution in [0, 0.1) is 0 Å². The highest BCUT2D eigenvalue weighted by Gasteiger charge is 2.41. The summed E-state index contributed by atoms with van der Waals surface area (Å²) in [5, 5.41) is 9.61. The van der Waals surface area contributed by atoms with Crippen molar-refractivity contribution >= 4 is 50.9 Å². The van der Waals surface area contributed by atoms with Crippen molar-refractivity contribution < 1.29 is 28.0 Å². The second-order valence-corrected chi connectivity index (χ2v) is 14.0. The monoisotopic (exact) mass is 559 g/mol. The molecule has 0 N–H and O–H groups in total. The molecule has 7 heteroatoms. The number of rotatable bonds is 6. The molecule has 4 atom stereocenters. The van der Waals surface area contributed by atoms with Gasteiger partial charge in [-0.05, 0) is 90.2 Å². The number of benzene rings is 5. The lowest BCUT2D eigenvalue weighted by molar-refractivity contribution is -0.240. The van der Waals surface area contributed by atoms with Gasteiger partial charge in [0.2, 0.25) is 0 Å². The van der Waals surface area contributed by atoms with Gasteiger partial charge in [0.1, 0.15) is 6.10 Å². The second-order valence-electron chi connectivity index (χ2n) is 12.8. The van der Waals surface area contributed by atoms with Crippen LogP contribution >= 0.6 is 7.82 Å². The normalized spacial score (nSPS) is 22.1. The Hall–Kier alpha value is -2.57. The van der Waals surface area contributed by atoms with Gasteiger partial charge in [0.15, 0.2) is 0 Å². The largest absolute Gasteiger partial charge is 0.756 e. The predicted molar refractivity (Wildman–Crippen MR) is 159 cm³/mol. The molecule has 6 nitrogen and oxygen atoms in total. The Bertz CT molecular complexity index is 1700. The molecule has 2 unspecified atom stereocenters. The molecule has 0 saturated carbocycles. The molecule has 0 bridgehead atoms. The van der Waals surface area contributed by atoms with Crippen molar-refractivity contribution in [2.45, 2.75) is 77.5 Å². The van der Waals surface area contributed by atoms with Crippen LogP contribution in [0.15, 0.2) is 66.7 Å². The first kappa shape index (κ1) is 27.6. The van der Waals surface area contributed by atoms with Gasteiger partial charge in [0.25, 0.3) is 7.82 Å². The minimum Gasteiger partial charge on any atom is -0.756 e. The first-order valence-corrected chi connectivity index (χ1v) is 15.3. The summed E-state index contributed by atoms with van der Waals surface area (Å²) in [6.45, 7) is 11.1. The molecule has 1 aliphatic rings. The van der Waals surface area contributed by atoms with E-state index >= 15 is 0 Å². The van der Waals surface area contributed by atoms with E-state index in [1.165, 1.54) is 37.7 Å². The molecule has 1 heterocycles. The molecule has 0 amide bonds. The Labute approximate surface area is 235 Å². The highest BCUT2D eigenvalue weighted by Crippen LogP contribution is 2.50. The summed E-state index contributed by atoms with van der Waals surface area (Å²) >= 11 is 0. The van der Waals surface area contributed by atoms with E-state index < -0.39 is 31.2 Å². The summed E-state index contributed by atoms with van der Waals surface area (Å²) in [7, 11) is -4.59. The quantitative estimate of drug-likeness (QED) is 0.119. The minimum absolute atomic E-state index is 0.205. The van der Waals surface area contributed by atoms with Gasteiger partial charge in [-0.2, -0.15) is 0 Å². The first-order chi connectivity index (χ1) is 18.8. The van der Waals surface area contributed by atoms with E-state index in [9.17, 15) is 9.46 Å². The van der Waals surface area contributed by atoms with Crippen LogP contribution < -0.4 is 4.89 Å². The lowest BCUT2D eigenvalue weighted by Gasteiger charge is -2.34. The fourth-order valence-electron chi connectivity index (χ4n) is 5.98. The van der Waals surface area contributed by atoms with E-state index in [-0.39, 0.29) is 12.7 Å². The molecule has 1 saturated heterocycles. The number of fused-ring (bicyclic) bond motifs is 2. The van der Waals surface area contributed by atoms with E-state index in [1.54, 1.807) is 20.8 Å². The average Bonchev–Trinajstić information content (AvgIpc) is 3.25. The second kappa shape index (κ2) is 9.77. The molecular formula is C33H36O6P-. The standard InChI is InChI=1S/C33H37O6P/c1-32(2,3)36-19-29-28(38-40(34,35)39-33(4,5)6)18-27(37-29)21-16-17-26-24-13-8-11-20-10-7-12-23(30(20)24)25-15-9-14-22(21)31(25)26/h7-17,27-29H,18-19H2,1-6H3,(H,34,35)/p-1/t27-,28?,29-/m1/s1. The fraction of sp³-hybridized carbons (Fsp3) is 0.394. The van der Waals surface area contributed by atoms with Gasteiger partial charge >= 0.3 is 0 Å². The molecule has 210 valence electrons. The Morgan fingerprint density at radius 3 is 2.00 bits per heavy atom. The zero-order valence-corrected chi connectivity index (χ0v) is 24.8. The van der Waals surface area contributed by atoms with E-state index in [4.69, 9.17) is 18.5 Å². The molecule has 5 aromatic rings. The maximum Gasteiger partial charge on any atom is 0.268 e. The van der Waals surface area contributed by atoms with Gasteiger partial charge in [-0.1, -0.05) is 66.7 Å². The van der Waals surface area contributed by atoms with Gasteiger partial charge in [-0.15, -0.1) is 0 Å². The SMILES string of the molecule is CC(C)(C)OC[C@H]1O[C@@H](c2ccc3c4cccc5cccc(c6cccc2c63)c54)CC1OP(=O)([O-])OC(C)(C)C. The summed E-state index contributed by atoms with van der Waals surface area (Å²) in [5.74, 6) is 0. The summed E-state index contributed by atoms with van der Waals surface area (Å²) in [5.41, 5.74) is -0.302. The van der Waals surface area contributed by atoms with Crippen LogP contribution in [0.1, 0.15) is 59.6 Å². The van der Waals surface area contributed by atoms with Crippen LogP contribution in [0.5, 0.6) is 0 Å². The Kier molecular flexibility index (Phi) is 6.74. The molecule has 6 rings (SSSR count). The number of hydrogen-bond acceptors (Lipinski definition) is 6. The van der Waals surface area contributed by atoms with E-state index in [0.29, 0.717) is 6.42 Å². The molecule has 0 radical (unpaired) electrons. The summed E-state index contributed by atoms with van der Waals surface area (Å²) in [6.07, 6.45) is -1.32. The van der Waals surface area contributed by atoms with Gasteiger partial charge in [-0.3, -0.25) is 4.57 Å². The van der Waals surface area contributed by atoms with Gasteiger partial charge < -0.3 is 23.4 Å². The Balaban J connectivity index is 1.43. The molecule has 0 spiro atoms. The maximum atomic E-state index is 12.8. The highest BCUT2D eigenvalue weighted by atomic mass is 31.2. The van der Waals surface area contributed by atoms with Crippen LogP contribution in [0.4, 0.5) is 0 Å². The minimum atomic E-state index is -4.59. The van der Waals surface area contributed by atoms with Crippen LogP contribution in [-0.4, -0.2) is 30.0 Å². The Morgan fingerprint density at radius 1 is 0.800 bits per heavy atom. The number of ether oxygens (including phenoxy) is 2. The van der Waals surface area contributed by atoms with Crippen molar-refractivity contribution in [2.75, 3.05) is 6.61 Å². The zero-order chi connectivity index (χ0) is 28.4. The third-order valence-corrected chi connectivity index (χ3v) is 8.74. The first-order valence-electron chi connectivity index (χ1n) is 13.9. The summed E-state index contributed by atoms with van der Waals surface area (Å²) in [4.78, 5) is 12.8. The number of phosphoric acid groups is 1. The lowest BCUT2D eigenvalue weighted by Crippen LogP contribution is -2.34. The molecular weight excluding hydrogens is 523 g/mol. The third-order valence-electron chi connectivity index (χ3n) is 7.44. The van der Waals surface area contributed by atoms with Crippen molar-refractivity contribution in [1.82, 2.24) is 0 Å². The van der Waals surface area contributed by atoms with Crippen molar-refractivity contribution in [3.8, 4) is 0 Å². The fourth-order valence-corrected chi connectivity index (χ4v) is 7.25. The summed E-state index contributed by atoms with van der Waals surface area (Å²) < 4.78 is 36.3. The van der Waals surface area contributed by atoms with Crippen molar-refractivity contribution in [3.05, 3.63) is 72.3 Å². The van der Waals surface area contributed by atoms with Gasteiger partial charge in [0, 0.05) is 6.42 Å². The summed E-state index contributed by atoms with van der Waals surface area (Å²) in [6, 6.07) is 23.6. The number of hydrogen-bond donors (Lipinski definition) is 0. The molecule has 1 fully saturated rings. The van der Waals surface area contributed by atoms with Crippen LogP contribution in [-0.2, 0) is 23.1 Å². The van der Waals surface area contributed by atoms with E-state index in [2.05, 4.69) is 66.7 Å². The predicted octanol–water partition coefficient (Wildman–Crippen LogP) is 8.05. The van der Waals surface area contributed by atoms with Crippen molar-refractivity contribution in [1.29, 1.82) is 0 Å². The van der Waals surface area contributed by atoms with E-state index in [1.807, 2.05) is 20.8 Å². The van der Waals surface area contributed by atoms with Crippen LogP contribution in [0.3, 0.4) is 0 Å². The highest BCUT2D eigenvalue weighted by molar-refractivity contribution is 7.45. The topological polar surface area (TPSA) is 77.1 Å². The van der Waals surface area contributed by atoms with E-state index in [0.717, 1.165) is 10.9 Å². The smallest absolute Gasteiger partial charge is 0.268 e. The Morgan fingerprint density at radius 2 is 1.38 bits per heavy atom. The molecule has 0 aromatic heterocycles. The molecule has 40 heavy (non-hydrogen) atoms. The molecule has 1 aliphatic heterocycles. The van der Waals surface area contributed by atoms with Crippen LogP contribution in [0.2, 0.25) is 0 Å². The van der Waals surface area contributed by atoms with Crippen LogP contribution in [0.25, 0.3) is 43.1 Å². The van der Waals surface area contributed by atoms with Gasteiger partial charge in [-0.25, -0.2) is 0 Å². The lowest BCUT2D eigenvalue weighted by atomic mass is 9.87.